The monoisotopic (exact) mass is 665 g/mol. The Morgan fingerprint density at radius 1 is 1.06 bits per heavy atom. The predicted octanol–water partition coefficient (Wildman–Crippen LogP) is 3.53. The number of piperazine rings is 1. The lowest BCUT2D eigenvalue weighted by molar-refractivity contribution is -0.0757. The zero-order valence-electron chi connectivity index (χ0n) is 27.7. The fourth-order valence-corrected chi connectivity index (χ4v) is 8.87. The van der Waals surface area contributed by atoms with E-state index in [0.717, 1.165) is 11.1 Å². The number of rotatable bonds is 4. The first kappa shape index (κ1) is 31.0. The lowest BCUT2D eigenvalue weighted by Gasteiger charge is -2.60. The van der Waals surface area contributed by atoms with Crippen LogP contribution in [0.15, 0.2) is 30.3 Å². The highest BCUT2D eigenvalue weighted by Crippen LogP contribution is 2.58. The minimum absolute atomic E-state index is 0.0366. The summed E-state index contributed by atoms with van der Waals surface area (Å²) >= 11 is 0. The lowest BCUT2D eigenvalue weighted by Crippen LogP contribution is -2.68. The molecule has 3 aromatic rings. The van der Waals surface area contributed by atoms with Gasteiger partial charge in [-0.15, -0.1) is 0 Å². The number of nitrogens with zero attached hydrogens (tertiary/aromatic N) is 4. The summed E-state index contributed by atoms with van der Waals surface area (Å²) in [6, 6.07) is 8.61. The van der Waals surface area contributed by atoms with Gasteiger partial charge in [0.2, 0.25) is 6.79 Å². The highest BCUT2D eigenvalue weighted by molar-refractivity contribution is 6.21. The average molecular weight is 666 g/mol. The number of nitriles is 1. The van der Waals surface area contributed by atoms with E-state index in [4.69, 9.17) is 18.9 Å². The van der Waals surface area contributed by atoms with Gasteiger partial charge in [-0.1, -0.05) is 18.2 Å². The molecule has 5 aliphatic heterocycles. The number of carbonyl (C=O) groups excluding carboxylic acids is 3. The Morgan fingerprint density at radius 2 is 1.76 bits per heavy atom. The zero-order chi connectivity index (χ0) is 34.5. The Kier molecular flexibility index (Phi) is 7.03. The Balaban J connectivity index is 1.38. The number of phenolic OH excluding ortho intramolecular Hbond substituents is 1. The van der Waals surface area contributed by atoms with Crippen LogP contribution in [0.3, 0.4) is 0 Å². The van der Waals surface area contributed by atoms with Gasteiger partial charge in [0, 0.05) is 47.9 Å². The van der Waals surface area contributed by atoms with Crippen molar-refractivity contribution >= 4 is 17.9 Å². The van der Waals surface area contributed by atoms with Crippen molar-refractivity contribution in [2.24, 2.45) is 0 Å². The van der Waals surface area contributed by atoms with Crippen molar-refractivity contribution in [3.63, 3.8) is 0 Å². The molecule has 0 unspecified atom stereocenters. The van der Waals surface area contributed by atoms with Gasteiger partial charge in [0.15, 0.2) is 23.0 Å². The second kappa shape index (κ2) is 11.1. The van der Waals surface area contributed by atoms with Crippen LogP contribution in [0.25, 0.3) is 0 Å². The number of ether oxygens (including phenoxy) is 4. The van der Waals surface area contributed by atoms with Gasteiger partial charge in [0.25, 0.3) is 11.8 Å². The molecule has 0 saturated carbocycles. The van der Waals surface area contributed by atoms with Crippen molar-refractivity contribution < 1.29 is 38.4 Å². The molecule has 13 heteroatoms. The molecule has 0 aromatic heterocycles. The van der Waals surface area contributed by atoms with Gasteiger partial charge >= 0.3 is 6.09 Å². The molecule has 0 radical (unpaired) electrons. The second-order valence-electron chi connectivity index (χ2n) is 13.2. The SMILES string of the molecule is CNC(=O)Oc1c(C)c2c(c3c1C[C@H]1[C@@H]4c5c(cc(C)c(OC)c5O)C[C@@H]([C@H](C#N)N1[C@H]3CN1C(=O)c3ccccc3C1=O)N4C)OCO2. The highest BCUT2D eigenvalue weighted by Gasteiger charge is 2.57. The van der Waals surface area contributed by atoms with Crippen LogP contribution in [0.2, 0.25) is 0 Å². The molecule has 0 aliphatic carbocycles. The van der Waals surface area contributed by atoms with Crippen molar-refractivity contribution in [3.05, 3.63) is 74.8 Å². The van der Waals surface area contributed by atoms with Gasteiger partial charge in [0.05, 0.1) is 36.4 Å². The van der Waals surface area contributed by atoms with Crippen LogP contribution >= 0.6 is 0 Å². The van der Waals surface area contributed by atoms with E-state index in [1.54, 1.807) is 31.2 Å². The number of likely N-dealkylation sites (N-methyl/N-ethyl adjacent to an activating group) is 1. The second-order valence-corrected chi connectivity index (χ2v) is 13.2. The molecule has 3 aromatic carbocycles. The summed E-state index contributed by atoms with van der Waals surface area (Å²) in [7, 11) is 4.94. The smallest absolute Gasteiger partial charge is 0.412 e. The Labute approximate surface area is 282 Å². The number of phenols is 1. The van der Waals surface area contributed by atoms with Gasteiger partial charge < -0.3 is 29.4 Å². The molecule has 3 amide bonds. The number of methoxy groups -OCH3 is 1. The van der Waals surface area contributed by atoms with Crippen molar-refractivity contribution in [1.82, 2.24) is 20.0 Å². The zero-order valence-corrected chi connectivity index (χ0v) is 27.7. The first-order valence-electron chi connectivity index (χ1n) is 16.2. The van der Waals surface area contributed by atoms with E-state index in [2.05, 4.69) is 21.2 Å². The van der Waals surface area contributed by atoms with Crippen LogP contribution in [-0.2, 0) is 12.8 Å². The first-order chi connectivity index (χ1) is 23.6. The standard InChI is InChI=1S/C36H35N5O8/c1-16-10-18-11-22-24(13-37)41-23(28(39(22)4)26(18)29(42)30(16)46-5)12-21-27(33-32(47-15-48-33)17(2)31(21)49-36(45)38-3)25(41)14-40-34(43)19-8-6-7-9-20(19)35(40)44/h6-10,22-25,28,42H,11-12,14-15H2,1-5H3,(H,38,45)/t22-,23-,24-,25-,28+/m0/s1. The third-order valence-electron chi connectivity index (χ3n) is 10.9. The molecule has 1 saturated heterocycles. The largest absolute Gasteiger partial charge is 0.504 e. The molecule has 2 N–H and O–H groups in total. The number of aryl methyl sites for hydroxylation is 1. The summed E-state index contributed by atoms with van der Waals surface area (Å²) in [5.41, 5.74) is 4.83. The lowest BCUT2D eigenvalue weighted by atomic mass is 9.71. The molecule has 5 aliphatic rings. The number of aromatic hydroxyl groups is 1. The van der Waals surface area contributed by atoms with Crippen LogP contribution in [-0.4, -0.2) is 90.4 Å². The molecule has 5 atom stereocenters. The topological polar surface area (TPSA) is 154 Å². The van der Waals surface area contributed by atoms with Gasteiger partial charge in [-0.25, -0.2) is 4.79 Å². The third-order valence-corrected chi connectivity index (χ3v) is 10.9. The van der Waals surface area contributed by atoms with E-state index in [9.17, 15) is 24.8 Å². The molecule has 8 rings (SSSR count). The summed E-state index contributed by atoms with van der Waals surface area (Å²) in [5, 5.41) is 25.2. The van der Waals surface area contributed by atoms with E-state index in [0.29, 0.717) is 57.1 Å². The number of fused-ring (bicyclic) bond motifs is 10. The van der Waals surface area contributed by atoms with E-state index in [-0.39, 0.29) is 37.3 Å². The summed E-state index contributed by atoms with van der Waals surface area (Å²) < 4.78 is 23.6. The van der Waals surface area contributed by atoms with E-state index >= 15 is 0 Å². The van der Waals surface area contributed by atoms with Crippen LogP contribution < -0.4 is 24.3 Å². The molecular weight excluding hydrogens is 630 g/mol. The Bertz CT molecular complexity index is 1990. The Hall–Kier alpha value is -5.32. The predicted molar refractivity (Wildman–Crippen MR) is 173 cm³/mol. The van der Waals surface area contributed by atoms with Crippen LogP contribution in [0, 0.1) is 25.2 Å². The summed E-state index contributed by atoms with van der Waals surface area (Å²) in [4.78, 5) is 45.9. The van der Waals surface area contributed by atoms with Gasteiger partial charge in [0.1, 0.15) is 11.8 Å². The minimum Gasteiger partial charge on any atom is -0.504 e. The summed E-state index contributed by atoms with van der Waals surface area (Å²) in [5.74, 6) is 0.658. The van der Waals surface area contributed by atoms with Crippen LogP contribution in [0.4, 0.5) is 4.79 Å². The fraction of sp³-hybridized carbons (Fsp3) is 0.389. The Morgan fingerprint density at radius 3 is 2.41 bits per heavy atom. The number of amides is 3. The molecule has 49 heavy (non-hydrogen) atoms. The van der Waals surface area contributed by atoms with E-state index in [1.807, 2.05) is 20.0 Å². The van der Waals surface area contributed by atoms with Crippen LogP contribution in [0.1, 0.15) is 66.2 Å². The normalized spacial score (nSPS) is 24.8. The average Bonchev–Trinajstić information content (AvgIpc) is 3.67. The molecular formula is C36H35N5O8. The molecule has 1 fully saturated rings. The maximum Gasteiger partial charge on any atom is 0.412 e. The maximum absolute atomic E-state index is 13.8. The minimum atomic E-state index is -0.765. The quantitative estimate of drug-likeness (QED) is 0.394. The number of carbonyl (C=O) groups is 3. The van der Waals surface area contributed by atoms with Crippen molar-refractivity contribution in [2.45, 2.75) is 56.9 Å². The van der Waals surface area contributed by atoms with E-state index in [1.165, 1.54) is 19.1 Å². The third kappa shape index (κ3) is 4.20. The van der Waals surface area contributed by atoms with Gasteiger partial charge in [-0.05, 0) is 57.0 Å². The van der Waals surface area contributed by atoms with Crippen molar-refractivity contribution in [1.29, 1.82) is 5.26 Å². The molecule has 2 bridgehead atoms. The number of nitrogens with one attached hydrogen (secondary N) is 1. The molecule has 5 heterocycles. The van der Waals surface area contributed by atoms with E-state index < -0.39 is 42.1 Å². The summed E-state index contributed by atoms with van der Waals surface area (Å²) in [6.07, 6.45) is 0.0816. The molecule has 13 nitrogen and oxygen atoms in total. The summed E-state index contributed by atoms with van der Waals surface area (Å²) in [6.45, 7) is 3.48. The fourth-order valence-electron chi connectivity index (χ4n) is 8.87. The number of benzene rings is 3. The maximum atomic E-state index is 13.8. The van der Waals surface area contributed by atoms with Gasteiger partial charge in [-0.2, -0.15) is 5.26 Å². The molecule has 252 valence electrons. The molecule has 0 spiro atoms. The van der Waals surface area contributed by atoms with Crippen molar-refractivity contribution in [3.8, 4) is 34.8 Å². The number of hydrogen-bond acceptors (Lipinski definition) is 11. The number of imide groups is 1. The number of hydrogen-bond donors (Lipinski definition) is 2. The first-order valence-corrected chi connectivity index (χ1v) is 16.2. The highest BCUT2D eigenvalue weighted by atomic mass is 16.7. The van der Waals surface area contributed by atoms with Crippen molar-refractivity contribution in [2.75, 3.05) is 34.5 Å². The van der Waals surface area contributed by atoms with Crippen LogP contribution in [0.5, 0.6) is 28.7 Å². The van der Waals surface area contributed by atoms with Gasteiger partial charge in [-0.3, -0.25) is 24.3 Å².